The molecule has 0 radical (unpaired) electrons. The van der Waals surface area contributed by atoms with E-state index in [2.05, 4.69) is 0 Å². The van der Waals surface area contributed by atoms with Crippen molar-refractivity contribution in [1.82, 2.24) is 0 Å². The summed E-state index contributed by atoms with van der Waals surface area (Å²) in [4.78, 5) is 25.3. The third-order valence-electron chi connectivity index (χ3n) is 3.28. The van der Waals surface area contributed by atoms with Crippen LogP contribution in [0.1, 0.15) is 15.9 Å². The maximum atomic E-state index is 13.1. The first-order chi connectivity index (χ1) is 9.99. The fraction of sp³-hybridized carbons (Fsp3) is 0.0667. The monoisotopic (exact) mass is 323 g/mol. The normalized spacial score (nSPS) is 13.8. The molecule has 0 saturated carbocycles. The molecule has 0 bridgehead atoms. The number of benzene rings is 2. The predicted octanol–water partition coefficient (Wildman–Crippen LogP) is 3.86. The predicted molar refractivity (Wildman–Crippen MR) is 78.4 cm³/mol. The highest BCUT2D eigenvalue weighted by molar-refractivity contribution is 6.54. The van der Waals surface area contributed by atoms with E-state index in [1.807, 2.05) is 0 Å². The fourth-order valence-electron chi connectivity index (χ4n) is 2.28. The number of carbonyl (C=O) groups excluding carboxylic acids is 2. The van der Waals surface area contributed by atoms with Gasteiger partial charge in [-0.3, -0.25) is 14.5 Å². The number of anilines is 1. The number of hydrogen-bond donors (Lipinski definition) is 0. The Morgan fingerprint density at radius 2 is 1.81 bits per heavy atom. The molecule has 1 aliphatic heterocycles. The zero-order valence-corrected chi connectivity index (χ0v) is 12.1. The molecule has 0 saturated heterocycles. The Bertz CT molecular complexity index is 776. The Balaban J connectivity index is 2.04. The van der Waals surface area contributed by atoms with Gasteiger partial charge in [0.15, 0.2) is 0 Å². The second-order valence-corrected chi connectivity index (χ2v) is 5.41. The van der Waals surface area contributed by atoms with Gasteiger partial charge in [0.2, 0.25) is 0 Å². The van der Waals surface area contributed by atoms with Crippen LogP contribution >= 0.6 is 23.2 Å². The van der Waals surface area contributed by atoms with Crippen LogP contribution < -0.4 is 4.90 Å². The second kappa shape index (κ2) is 5.13. The van der Waals surface area contributed by atoms with Crippen LogP contribution in [0.2, 0.25) is 10.0 Å². The lowest BCUT2D eigenvalue weighted by Crippen LogP contribution is -2.29. The second-order valence-electron chi connectivity index (χ2n) is 4.59. The van der Waals surface area contributed by atoms with Gasteiger partial charge in [-0.2, -0.15) is 0 Å². The summed E-state index contributed by atoms with van der Waals surface area (Å²) in [5.41, 5.74) is 1.17. The molecule has 21 heavy (non-hydrogen) atoms. The highest BCUT2D eigenvalue weighted by atomic mass is 35.5. The van der Waals surface area contributed by atoms with Crippen molar-refractivity contribution in [1.29, 1.82) is 0 Å². The summed E-state index contributed by atoms with van der Waals surface area (Å²) in [5, 5.41) is 0.501. The van der Waals surface area contributed by atoms with Gasteiger partial charge in [0, 0.05) is 5.02 Å². The Morgan fingerprint density at radius 1 is 1.05 bits per heavy atom. The largest absolute Gasteiger partial charge is 0.299 e. The van der Waals surface area contributed by atoms with Crippen LogP contribution in [0.4, 0.5) is 10.1 Å². The lowest BCUT2D eigenvalue weighted by Gasteiger charge is -2.18. The number of Topliss-reactive ketones (excluding diaryl/α,β-unsaturated/α-hetero) is 1. The van der Waals surface area contributed by atoms with Crippen LogP contribution in [-0.2, 0) is 11.3 Å². The highest BCUT2D eigenvalue weighted by Gasteiger charge is 2.37. The first-order valence-corrected chi connectivity index (χ1v) is 6.83. The van der Waals surface area contributed by atoms with Crippen molar-refractivity contribution in [3.05, 3.63) is 63.4 Å². The summed E-state index contributed by atoms with van der Waals surface area (Å²) < 4.78 is 13.1. The molecular weight excluding hydrogens is 316 g/mol. The Labute approximate surface area is 129 Å². The van der Waals surface area contributed by atoms with Crippen molar-refractivity contribution in [2.75, 3.05) is 4.90 Å². The molecular formula is C15H8Cl2FNO2. The molecule has 3 rings (SSSR count). The molecule has 0 aromatic heterocycles. The number of hydrogen-bond acceptors (Lipinski definition) is 2. The van der Waals surface area contributed by atoms with E-state index in [-0.39, 0.29) is 17.1 Å². The van der Waals surface area contributed by atoms with E-state index in [4.69, 9.17) is 23.2 Å². The third kappa shape index (κ3) is 2.30. The molecule has 2 aromatic carbocycles. The zero-order valence-electron chi connectivity index (χ0n) is 10.6. The first-order valence-electron chi connectivity index (χ1n) is 6.07. The SMILES string of the molecule is O=C1C(=O)N(Cc2ccc(F)cc2Cl)c2c(Cl)cccc21. The number of nitrogens with zero attached hydrogens (tertiary/aromatic N) is 1. The van der Waals surface area contributed by atoms with Gasteiger partial charge in [0.25, 0.3) is 11.7 Å². The van der Waals surface area contributed by atoms with Gasteiger partial charge in [-0.25, -0.2) is 4.39 Å². The Morgan fingerprint density at radius 3 is 2.52 bits per heavy atom. The minimum Gasteiger partial charge on any atom is -0.299 e. The Kier molecular flexibility index (Phi) is 3.43. The van der Waals surface area contributed by atoms with Gasteiger partial charge in [-0.1, -0.05) is 35.3 Å². The molecule has 0 fully saturated rings. The summed E-state index contributed by atoms with van der Waals surface area (Å²) >= 11 is 12.1. The maximum Gasteiger partial charge on any atom is 0.299 e. The highest BCUT2D eigenvalue weighted by Crippen LogP contribution is 2.37. The van der Waals surface area contributed by atoms with Gasteiger partial charge in [-0.15, -0.1) is 0 Å². The molecule has 1 amide bonds. The molecule has 3 nitrogen and oxygen atoms in total. The number of rotatable bonds is 2. The summed E-state index contributed by atoms with van der Waals surface area (Å²) in [5.74, 6) is -1.74. The van der Waals surface area contributed by atoms with Gasteiger partial charge in [-0.05, 0) is 29.8 Å². The van der Waals surface area contributed by atoms with E-state index in [0.717, 1.165) is 6.07 Å². The zero-order chi connectivity index (χ0) is 15.1. The summed E-state index contributed by atoms with van der Waals surface area (Å²) in [6.07, 6.45) is 0. The van der Waals surface area contributed by atoms with E-state index in [1.54, 1.807) is 18.2 Å². The lowest BCUT2D eigenvalue weighted by atomic mass is 10.1. The molecule has 1 heterocycles. The van der Waals surface area contributed by atoms with Crippen LogP contribution in [-0.4, -0.2) is 11.7 Å². The van der Waals surface area contributed by atoms with E-state index < -0.39 is 17.5 Å². The number of para-hydroxylation sites is 1. The minimum absolute atomic E-state index is 0.0560. The number of carbonyl (C=O) groups is 2. The van der Waals surface area contributed by atoms with Crippen LogP contribution in [0.25, 0.3) is 0 Å². The van der Waals surface area contributed by atoms with Crippen LogP contribution in [0, 0.1) is 5.82 Å². The minimum atomic E-state index is -0.668. The fourth-order valence-corrected chi connectivity index (χ4v) is 2.79. The third-order valence-corrected chi connectivity index (χ3v) is 3.94. The molecule has 0 unspecified atom stereocenters. The molecule has 0 N–H and O–H groups in total. The van der Waals surface area contributed by atoms with Crippen LogP contribution in [0.5, 0.6) is 0 Å². The van der Waals surface area contributed by atoms with Gasteiger partial charge >= 0.3 is 0 Å². The van der Waals surface area contributed by atoms with E-state index in [1.165, 1.54) is 17.0 Å². The number of halogens is 3. The molecule has 0 atom stereocenters. The quantitative estimate of drug-likeness (QED) is 0.787. The maximum absolute atomic E-state index is 13.1. The van der Waals surface area contributed by atoms with E-state index in [9.17, 15) is 14.0 Å². The average molecular weight is 324 g/mol. The van der Waals surface area contributed by atoms with Crippen molar-refractivity contribution >= 4 is 40.6 Å². The van der Waals surface area contributed by atoms with Crippen LogP contribution in [0.3, 0.4) is 0 Å². The molecule has 1 aliphatic rings. The Hall–Kier alpha value is -1.91. The smallest absolute Gasteiger partial charge is 0.299 e. The lowest BCUT2D eigenvalue weighted by molar-refractivity contribution is -0.114. The van der Waals surface area contributed by atoms with Crippen molar-refractivity contribution in [3.8, 4) is 0 Å². The van der Waals surface area contributed by atoms with Gasteiger partial charge < -0.3 is 0 Å². The number of amides is 1. The first kappa shape index (κ1) is 14.0. The van der Waals surface area contributed by atoms with Crippen molar-refractivity contribution < 1.29 is 14.0 Å². The number of ketones is 1. The number of fused-ring (bicyclic) bond motifs is 1. The van der Waals surface area contributed by atoms with Gasteiger partial charge in [0.05, 0.1) is 22.8 Å². The van der Waals surface area contributed by atoms with Crippen molar-refractivity contribution in [2.24, 2.45) is 0 Å². The van der Waals surface area contributed by atoms with Gasteiger partial charge in [0.1, 0.15) is 5.82 Å². The summed E-state index contributed by atoms with van der Waals surface area (Å²) in [6, 6.07) is 8.65. The summed E-state index contributed by atoms with van der Waals surface area (Å²) in [6.45, 7) is 0.0560. The molecule has 106 valence electrons. The topological polar surface area (TPSA) is 37.4 Å². The average Bonchev–Trinajstić information content (AvgIpc) is 2.68. The molecule has 0 spiro atoms. The van der Waals surface area contributed by atoms with E-state index in [0.29, 0.717) is 16.3 Å². The molecule has 6 heteroatoms. The van der Waals surface area contributed by atoms with Crippen molar-refractivity contribution in [2.45, 2.75) is 6.54 Å². The van der Waals surface area contributed by atoms with E-state index >= 15 is 0 Å². The van der Waals surface area contributed by atoms with Crippen LogP contribution in [0.15, 0.2) is 36.4 Å². The molecule has 0 aliphatic carbocycles. The van der Waals surface area contributed by atoms with Crippen molar-refractivity contribution in [3.63, 3.8) is 0 Å². The molecule has 2 aromatic rings. The summed E-state index contributed by atoms with van der Waals surface area (Å²) in [7, 11) is 0. The standard InChI is InChI=1S/C15H8Cl2FNO2/c16-11-3-1-2-10-13(11)19(15(21)14(10)20)7-8-4-5-9(18)6-12(8)17/h1-6H,7H2.